The van der Waals surface area contributed by atoms with Crippen molar-refractivity contribution >= 4 is 27.8 Å². The van der Waals surface area contributed by atoms with E-state index in [9.17, 15) is 0 Å². The summed E-state index contributed by atoms with van der Waals surface area (Å²) < 4.78 is 0. The van der Waals surface area contributed by atoms with E-state index in [-0.39, 0.29) is 10.8 Å². The van der Waals surface area contributed by atoms with Gasteiger partial charge in [0.2, 0.25) is 0 Å². The molecule has 0 atom stereocenters. The molecule has 2 aliphatic carbocycles. The molecule has 0 aromatic heterocycles. The number of hydrogen-bond acceptors (Lipinski definition) is 1. The molecular weight excluding hydrogens is 639 g/mol. The van der Waals surface area contributed by atoms with Crippen LogP contribution in [-0.2, 0) is 10.8 Å². The van der Waals surface area contributed by atoms with Gasteiger partial charge in [0.1, 0.15) is 0 Å². The highest BCUT2D eigenvalue weighted by atomic mass is 15.1. The average molecular weight is 680 g/mol. The number of hydrogen-bond donors (Lipinski definition) is 0. The first-order valence-electron chi connectivity index (χ1n) is 18.8. The first kappa shape index (κ1) is 31.5. The first-order chi connectivity index (χ1) is 25.8. The molecule has 8 aromatic carbocycles. The molecule has 8 aromatic rings. The molecule has 10 rings (SSSR count). The summed E-state index contributed by atoms with van der Waals surface area (Å²) >= 11 is 0. The maximum atomic E-state index is 2.52. The zero-order valence-electron chi connectivity index (χ0n) is 30.7. The SMILES string of the molecule is CC1(C)c2ccccc2-c2ccc(N(c3ccc4c(c3)C(C)(C)c3ccccc3-4)c3cccc(-c4ccc5ccccc5c4)c3-c3ccccc3)cc21. The lowest BCUT2D eigenvalue weighted by Crippen LogP contribution is -2.18. The molecule has 0 heterocycles. The molecule has 0 saturated carbocycles. The Kier molecular flexibility index (Phi) is 6.94. The zero-order valence-corrected chi connectivity index (χ0v) is 30.7. The summed E-state index contributed by atoms with van der Waals surface area (Å²) in [6.07, 6.45) is 0. The largest absolute Gasteiger partial charge is 0.310 e. The van der Waals surface area contributed by atoms with E-state index in [1.54, 1.807) is 0 Å². The van der Waals surface area contributed by atoms with Gasteiger partial charge >= 0.3 is 0 Å². The highest BCUT2D eigenvalue weighted by Gasteiger charge is 2.38. The smallest absolute Gasteiger partial charge is 0.0546 e. The molecule has 1 heteroatoms. The predicted molar refractivity (Wildman–Crippen MR) is 225 cm³/mol. The van der Waals surface area contributed by atoms with Crippen molar-refractivity contribution in [2.24, 2.45) is 0 Å². The summed E-state index contributed by atoms with van der Waals surface area (Å²) in [5, 5.41) is 2.49. The summed E-state index contributed by atoms with van der Waals surface area (Å²) in [7, 11) is 0. The second-order valence-corrected chi connectivity index (χ2v) is 15.8. The van der Waals surface area contributed by atoms with Gasteiger partial charge in [0, 0.05) is 27.8 Å². The monoisotopic (exact) mass is 679 g/mol. The molecule has 0 saturated heterocycles. The molecule has 0 N–H and O–H groups in total. The fraction of sp³-hybridized carbons (Fsp3) is 0.115. The Morgan fingerprint density at radius 1 is 0.340 bits per heavy atom. The molecule has 0 unspecified atom stereocenters. The summed E-state index contributed by atoms with van der Waals surface area (Å²) in [6, 6.07) is 65.4. The molecule has 0 radical (unpaired) electrons. The van der Waals surface area contributed by atoms with E-state index in [0.29, 0.717) is 0 Å². The van der Waals surface area contributed by atoms with Crippen molar-refractivity contribution in [1.29, 1.82) is 0 Å². The van der Waals surface area contributed by atoms with Crippen molar-refractivity contribution in [1.82, 2.24) is 0 Å². The molecule has 0 spiro atoms. The normalized spacial score (nSPS) is 14.3. The van der Waals surface area contributed by atoms with E-state index in [0.717, 1.165) is 17.1 Å². The van der Waals surface area contributed by atoms with Crippen molar-refractivity contribution in [3.8, 4) is 44.5 Å². The van der Waals surface area contributed by atoms with E-state index in [1.807, 2.05) is 0 Å². The van der Waals surface area contributed by atoms with Crippen LogP contribution in [0.25, 0.3) is 55.3 Å². The maximum Gasteiger partial charge on any atom is 0.0546 e. The Morgan fingerprint density at radius 3 is 1.47 bits per heavy atom. The van der Waals surface area contributed by atoms with E-state index in [1.165, 1.54) is 77.5 Å². The van der Waals surface area contributed by atoms with Gasteiger partial charge in [-0.3, -0.25) is 0 Å². The molecule has 1 nitrogen and oxygen atoms in total. The van der Waals surface area contributed by atoms with Crippen LogP contribution < -0.4 is 4.90 Å². The summed E-state index contributed by atoms with van der Waals surface area (Å²) in [5.41, 5.74) is 18.9. The lowest BCUT2D eigenvalue weighted by Gasteiger charge is -2.32. The van der Waals surface area contributed by atoms with Crippen molar-refractivity contribution in [3.63, 3.8) is 0 Å². The molecule has 0 amide bonds. The zero-order chi connectivity index (χ0) is 35.9. The van der Waals surface area contributed by atoms with E-state index >= 15 is 0 Å². The van der Waals surface area contributed by atoms with Crippen molar-refractivity contribution in [2.45, 2.75) is 38.5 Å². The number of fused-ring (bicyclic) bond motifs is 7. The maximum absolute atomic E-state index is 2.52. The van der Waals surface area contributed by atoms with Crippen molar-refractivity contribution in [2.75, 3.05) is 4.90 Å². The topological polar surface area (TPSA) is 3.24 Å². The summed E-state index contributed by atoms with van der Waals surface area (Å²) in [6.45, 7) is 9.49. The number of benzene rings is 8. The fourth-order valence-electron chi connectivity index (χ4n) is 9.32. The number of nitrogens with zero attached hydrogens (tertiary/aromatic N) is 1. The van der Waals surface area contributed by atoms with E-state index in [4.69, 9.17) is 0 Å². The predicted octanol–water partition coefficient (Wildman–Crippen LogP) is 14.3. The van der Waals surface area contributed by atoms with Crippen LogP contribution in [0.5, 0.6) is 0 Å². The number of anilines is 3. The van der Waals surface area contributed by atoms with Gasteiger partial charge in [-0.1, -0.05) is 167 Å². The van der Waals surface area contributed by atoms with Gasteiger partial charge in [0.05, 0.1) is 5.69 Å². The van der Waals surface area contributed by atoms with E-state index < -0.39 is 0 Å². The second-order valence-electron chi connectivity index (χ2n) is 15.8. The van der Waals surface area contributed by atoms with Gasteiger partial charge in [-0.05, 0) is 108 Å². The van der Waals surface area contributed by atoms with Gasteiger partial charge in [0.15, 0.2) is 0 Å². The molecule has 0 aliphatic heterocycles. The fourth-order valence-corrected chi connectivity index (χ4v) is 9.32. The van der Waals surface area contributed by atoms with Crippen LogP contribution in [0.15, 0.2) is 176 Å². The highest BCUT2D eigenvalue weighted by Crippen LogP contribution is 2.54. The quantitative estimate of drug-likeness (QED) is 0.175. The Labute approximate surface area is 312 Å². The highest BCUT2D eigenvalue weighted by molar-refractivity contribution is 5.99. The Morgan fingerprint density at radius 2 is 0.849 bits per heavy atom. The molecule has 0 bridgehead atoms. The van der Waals surface area contributed by atoms with Crippen LogP contribution in [0.4, 0.5) is 17.1 Å². The third-order valence-electron chi connectivity index (χ3n) is 12.1. The molecule has 53 heavy (non-hydrogen) atoms. The van der Waals surface area contributed by atoms with Gasteiger partial charge in [-0.15, -0.1) is 0 Å². The van der Waals surface area contributed by atoms with Crippen molar-refractivity contribution in [3.05, 3.63) is 198 Å². The third kappa shape index (κ3) is 4.77. The standard InChI is InChI=1S/C52H41N/c1-51(2)45-22-12-10-19-41(45)43-29-27-38(32-47(43)51)53(39-28-30-44-42-20-11-13-23-46(42)52(3,4)48(44)33-39)49-24-14-21-40(50(49)35-16-6-5-7-17-35)37-26-25-34-15-8-9-18-36(34)31-37/h5-33H,1-4H3. The Balaban J connectivity index is 1.25. The van der Waals surface area contributed by atoms with Crippen LogP contribution in [0.1, 0.15) is 49.9 Å². The molecule has 254 valence electrons. The lowest BCUT2D eigenvalue weighted by molar-refractivity contribution is 0.660. The van der Waals surface area contributed by atoms with Crippen molar-refractivity contribution < 1.29 is 0 Å². The molecule has 2 aliphatic rings. The first-order valence-corrected chi connectivity index (χ1v) is 18.8. The Hall–Kier alpha value is -6.18. The van der Waals surface area contributed by atoms with Gasteiger partial charge in [-0.2, -0.15) is 0 Å². The van der Waals surface area contributed by atoms with Crippen LogP contribution in [0, 0.1) is 0 Å². The molecule has 0 fully saturated rings. The lowest BCUT2D eigenvalue weighted by atomic mass is 9.82. The summed E-state index contributed by atoms with van der Waals surface area (Å²) in [4.78, 5) is 2.52. The summed E-state index contributed by atoms with van der Waals surface area (Å²) in [5.74, 6) is 0. The third-order valence-corrected chi connectivity index (χ3v) is 12.1. The van der Waals surface area contributed by atoms with Gasteiger partial charge in [0.25, 0.3) is 0 Å². The minimum atomic E-state index is -0.121. The van der Waals surface area contributed by atoms with Crippen LogP contribution in [0.2, 0.25) is 0 Å². The number of rotatable bonds is 5. The Bertz CT molecular complexity index is 2620. The molecular formula is C52H41N. The second kappa shape index (κ2) is 11.7. The van der Waals surface area contributed by atoms with Gasteiger partial charge < -0.3 is 4.90 Å². The van der Waals surface area contributed by atoms with Gasteiger partial charge in [-0.25, -0.2) is 0 Å². The minimum absolute atomic E-state index is 0.121. The van der Waals surface area contributed by atoms with E-state index in [2.05, 4.69) is 209 Å². The minimum Gasteiger partial charge on any atom is -0.310 e. The van der Waals surface area contributed by atoms with Crippen LogP contribution in [0.3, 0.4) is 0 Å². The average Bonchev–Trinajstić information content (AvgIpc) is 3.57. The van der Waals surface area contributed by atoms with Crippen LogP contribution >= 0.6 is 0 Å². The van der Waals surface area contributed by atoms with Crippen LogP contribution in [-0.4, -0.2) is 0 Å².